The van der Waals surface area contributed by atoms with E-state index < -0.39 is 11.4 Å². The van der Waals surface area contributed by atoms with E-state index in [1.807, 2.05) is 0 Å². The lowest BCUT2D eigenvalue weighted by Crippen LogP contribution is -2.36. The Morgan fingerprint density at radius 1 is 1.25 bits per heavy atom. The number of methoxy groups -OCH3 is 1. The molecule has 0 radical (unpaired) electrons. The summed E-state index contributed by atoms with van der Waals surface area (Å²) in [6, 6.07) is 0. The van der Waals surface area contributed by atoms with Gasteiger partial charge in [-0.25, -0.2) is 0 Å². The third-order valence-electron chi connectivity index (χ3n) is 4.57. The Hall–Kier alpha value is -0.610. The van der Waals surface area contributed by atoms with Crippen LogP contribution in [-0.2, 0) is 14.3 Å². The van der Waals surface area contributed by atoms with E-state index in [1.165, 1.54) is 12.8 Å². The van der Waals surface area contributed by atoms with Gasteiger partial charge in [-0.3, -0.25) is 4.79 Å². The van der Waals surface area contributed by atoms with Gasteiger partial charge in [0.25, 0.3) is 0 Å². The number of carbonyl (C=O) groups is 1. The Morgan fingerprint density at radius 2 is 1.95 bits per heavy atom. The van der Waals surface area contributed by atoms with E-state index in [1.54, 1.807) is 7.11 Å². The van der Waals surface area contributed by atoms with Crippen molar-refractivity contribution in [1.29, 1.82) is 0 Å². The maximum Gasteiger partial charge on any atom is 0.309 e. The lowest BCUT2D eigenvalue weighted by Gasteiger charge is -2.36. The highest BCUT2D eigenvalue weighted by atomic mass is 16.5. The fraction of sp³-hybridized carbons (Fsp3) is 0.938. The van der Waals surface area contributed by atoms with Crippen LogP contribution in [0.3, 0.4) is 0 Å². The molecule has 0 saturated heterocycles. The van der Waals surface area contributed by atoms with Crippen molar-refractivity contribution in [2.75, 3.05) is 26.9 Å². The number of rotatable bonds is 10. The van der Waals surface area contributed by atoms with Gasteiger partial charge in [-0.05, 0) is 44.4 Å². The maximum atomic E-state index is 11.6. The van der Waals surface area contributed by atoms with Crippen LogP contribution in [0.4, 0.5) is 0 Å². The lowest BCUT2D eigenvalue weighted by molar-refractivity contribution is -0.153. The summed E-state index contributed by atoms with van der Waals surface area (Å²) in [4.78, 5) is 11.6. The molecule has 0 unspecified atom stereocenters. The molecule has 1 rings (SSSR count). The standard InChI is InChI=1S/C16H30O4/c1-3-5-14-6-8-16(9-7-14,15(17)18)10-13-20-12-4-11-19-2/h14H,3-13H2,1-2H3,(H,17,18). The molecular weight excluding hydrogens is 256 g/mol. The first kappa shape index (κ1) is 17.4. The van der Waals surface area contributed by atoms with Crippen LogP contribution in [0.1, 0.15) is 58.3 Å². The molecule has 118 valence electrons. The zero-order valence-electron chi connectivity index (χ0n) is 13.0. The predicted octanol–water partition coefficient (Wildman–Crippen LogP) is 3.49. The van der Waals surface area contributed by atoms with E-state index in [9.17, 15) is 9.90 Å². The molecule has 20 heavy (non-hydrogen) atoms. The molecule has 1 fully saturated rings. The molecule has 0 bridgehead atoms. The molecule has 0 atom stereocenters. The normalized spacial score (nSPS) is 26.6. The number of hydrogen-bond donors (Lipinski definition) is 1. The summed E-state index contributed by atoms with van der Waals surface area (Å²) in [5.74, 6) is 0.100. The summed E-state index contributed by atoms with van der Waals surface area (Å²) in [7, 11) is 1.67. The van der Waals surface area contributed by atoms with Crippen LogP contribution >= 0.6 is 0 Å². The molecule has 0 heterocycles. The van der Waals surface area contributed by atoms with E-state index in [-0.39, 0.29) is 0 Å². The monoisotopic (exact) mass is 286 g/mol. The van der Waals surface area contributed by atoms with E-state index in [0.717, 1.165) is 38.0 Å². The first-order chi connectivity index (χ1) is 9.64. The van der Waals surface area contributed by atoms with Gasteiger partial charge >= 0.3 is 5.97 Å². The molecule has 1 aliphatic rings. The lowest BCUT2D eigenvalue weighted by atomic mass is 9.68. The Kier molecular flexibility index (Phi) is 8.15. The van der Waals surface area contributed by atoms with Crippen molar-refractivity contribution in [2.45, 2.75) is 58.3 Å². The predicted molar refractivity (Wildman–Crippen MR) is 78.9 cm³/mol. The van der Waals surface area contributed by atoms with Crippen molar-refractivity contribution >= 4 is 5.97 Å². The van der Waals surface area contributed by atoms with Crippen molar-refractivity contribution in [3.63, 3.8) is 0 Å². The number of carboxylic acids is 1. The number of hydrogen-bond acceptors (Lipinski definition) is 3. The summed E-state index contributed by atoms with van der Waals surface area (Å²) in [6.45, 7) is 4.10. The van der Waals surface area contributed by atoms with Gasteiger partial charge < -0.3 is 14.6 Å². The molecule has 1 N–H and O–H groups in total. The minimum Gasteiger partial charge on any atom is -0.481 e. The number of ether oxygens (including phenoxy) is 2. The van der Waals surface area contributed by atoms with Gasteiger partial charge in [-0.15, -0.1) is 0 Å². The maximum absolute atomic E-state index is 11.6. The van der Waals surface area contributed by atoms with Gasteiger partial charge in [0, 0.05) is 26.9 Å². The van der Waals surface area contributed by atoms with Gasteiger partial charge in [0.05, 0.1) is 5.41 Å². The zero-order valence-corrected chi connectivity index (χ0v) is 13.0. The SMILES string of the molecule is CCCC1CCC(CCOCCCOC)(C(=O)O)CC1. The second-order valence-corrected chi connectivity index (χ2v) is 6.03. The average molecular weight is 286 g/mol. The molecule has 1 saturated carbocycles. The fourth-order valence-corrected chi connectivity index (χ4v) is 3.17. The van der Waals surface area contributed by atoms with Crippen LogP contribution in [-0.4, -0.2) is 38.0 Å². The van der Waals surface area contributed by atoms with E-state index in [0.29, 0.717) is 26.2 Å². The third-order valence-corrected chi connectivity index (χ3v) is 4.57. The van der Waals surface area contributed by atoms with Crippen LogP contribution in [0.2, 0.25) is 0 Å². The Bertz CT molecular complexity index is 270. The van der Waals surface area contributed by atoms with Crippen molar-refractivity contribution < 1.29 is 19.4 Å². The van der Waals surface area contributed by atoms with Crippen molar-refractivity contribution in [2.24, 2.45) is 11.3 Å². The Labute approximate surface area is 122 Å². The topological polar surface area (TPSA) is 55.8 Å². The van der Waals surface area contributed by atoms with Crippen molar-refractivity contribution in [3.8, 4) is 0 Å². The summed E-state index contributed by atoms with van der Waals surface area (Å²) >= 11 is 0. The summed E-state index contributed by atoms with van der Waals surface area (Å²) < 4.78 is 10.5. The minimum atomic E-state index is -0.632. The van der Waals surface area contributed by atoms with Crippen LogP contribution in [0.5, 0.6) is 0 Å². The quantitative estimate of drug-likeness (QED) is 0.625. The molecule has 0 aromatic heterocycles. The molecule has 0 aromatic rings. The molecule has 0 spiro atoms. The molecular formula is C16H30O4. The highest BCUT2D eigenvalue weighted by Crippen LogP contribution is 2.43. The second kappa shape index (κ2) is 9.35. The van der Waals surface area contributed by atoms with Crippen LogP contribution in [0, 0.1) is 11.3 Å². The molecule has 1 aliphatic carbocycles. The van der Waals surface area contributed by atoms with Gasteiger partial charge in [-0.2, -0.15) is 0 Å². The number of aliphatic carboxylic acids is 1. The molecule has 4 heteroatoms. The average Bonchev–Trinajstić information content (AvgIpc) is 2.45. The fourth-order valence-electron chi connectivity index (χ4n) is 3.17. The summed E-state index contributed by atoms with van der Waals surface area (Å²) in [6.07, 6.45) is 7.70. The minimum absolute atomic E-state index is 0.536. The first-order valence-electron chi connectivity index (χ1n) is 7.94. The van der Waals surface area contributed by atoms with Crippen LogP contribution in [0.15, 0.2) is 0 Å². The Balaban J connectivity index is 2.31. The van der Waals surface area contributed by atoms with Gasteiger partial charge in [-0.1, -0.05) is 19.8 Å². The van der Waals surface area contributed by atoms with Crippen LogP contribution in [0.25, 0.3) is 0 Å². The van der Waals surface area contributed by atoms with E-state index in [4.69, 9.17) is 9.47 Å². The Morgan fingerprint density at radius 3 is 2.50 bits per heavy atom. The van der Waals surface area contributed by atoms with E-state index in [2.05, 4.69) is 6.92 Å². The largest absolute Gasteiger partial charge is 0.481 e. The van der Waals surface area contributed by atoms with Gasteiger partial charge in [0.15, 0.2) is 0 Å². The third kappa shape index (κ3) is 5.41. The van der Waals surface area contributed by atoms with Gasteiger partial charge in [0.1, 0.15) is 0 Å². The molecule has 0 amide bonds. The van der Waals surface area contributed by atoms with Crippen molar-refractivity contribution in [3.05, 3.63) is 0 Å². The summed E-state index contributed by atoms with van der Waals surface area (Å²) in [5, 5.41) is 9.57. The van der Waals surface area contributed by atoms with Gasteiger partial charge in [0.2, 0.25) is 0 Å². The highest BCUT2D eigenvalue weighted by molar-refractivity contribution is 5.74. The molecule has 0 aliphatic heterocycles. The molecule has 0 aromatic carbocycles. The highest BCUT2D eigenvalue weighted by Gasteiger charge is 2.41. The zero-order chi connectivity index (χ0) is 14.8. The summed E-state index contributed by atoms with van der Waals surface area (Å²) in [5.41, 5.74) is -0.536. The van der Waals surface area contributed by atoms with Crippen molar-refractivity contribution in [1.82, 2.24) is 0 Å². The van der Waals surface area contributed by atoms with Crippen LogP contribution < -0.4 is 0 Å². The smallest absolute Gasteiger partial charge is 0.309 e. The van der Waals surface area contributed by atoms with E-state index >= 15 is 0 Å². The number of carboxylic acid groups (broad SMARTS) is 1. The second-order valence-electron chi connectivity index (χ2n) is 6.03. The molecule has 4 nitrogen and oxygen atoms in total. The first-order valence-corrected chi connectivity index (χ1v) is 7.94.